The van der Waals surface area contributed by atoms with E-state index in [4.69, 9.17) is 0 Å². The second-order valence-corrected chi connectivity index (χ2v) is 9.99. The maximum absolute atomic E-state index is 12.6. The van der Waals surface area contributed by atoms with Crippen molar-refractivity contribution in [2.24, 2.45) is 11.8 Å². The second-order valence-electron chi connectivity index (χ2n) is 8.17. The number of fused-ring (bicyclic) bond motifs is 1. The standard InChI is InChI=1S/C21H27N3O4S/c25-20-18-8-4-5-9-19(18)21(26)24(20)16-22-11-13-23(14-12-22)29(27,28)15-10-17-6-2-1-3-7-17/h1-3,6-7,10,15,18-19H,4-5,8-9,11-14,16H2/p+1/b15-10+/t18-,19-/m1/s1. The van der Waals surface area contributed by atoms with Crippen LogP contribution in [0.1, 0.15) is 31.2 Å². The molecule has 2 aliphatic heterocycles. The lowest BCUT2D eigenvalue weighted by molar-refractivity contribution is -0.910. The summed E-state index contributed by atoms with van der Waals surface area (Å²) in [5, 5.41) is 1.26. The van der Waals surface area contributed by atoms with Crippen LogP contribution in [0.3, 0.4) is 0 Å². The number of hydrogen-bond acceptors (Lipinski definition) is 4. The number of benzene rings is 1. The van der Waals surface area contributed by atoms with E-state index in [2.05, 4.69) is 0 Å². The normalized spacial score (nSPS) is 27.0. The van der Waals surface area contributed by atoms with E-state index in [0.29, 0.717) is 32.8 Å². The van der Waals surface area contributed by atoms with Crippen LogP contribution in [0.4, 0.5) is 0 Å². The van der Waals surface area contributed by atoms with Gasteiger partial charge in [0.25, 0.3) is 0 Å². The molecule has 7 nitrogen and oxygen atoms in total. The first-order chi connectivity index (χ1) is 14.0. The Kier molecular flexibility index (Phi) is 5.85. The van der Waals surface area contributed by atoms with Crippen molar-refractivity contribution in [3.05, 3.63) is 41.3 Å². The minimum absolute atomic E-state index is 0.0203. The van der Waals surface area contributed by atoms with Crippen LogP contribution in [-0.2, 0) is 19.6 Å². The molecular formula is C21H28N3O4S+. The van der Waals surface area contributed by atoms with E-state index in [1.165, 1.54) is 14.6 Å². The van der Waals surface area contributed by atoms with Crippen LogP contribution in [-0.4, -0.2) is 62.3 Å². The van der Waals surface area contributed by atoms with Crippen molar-refractivity contribution in [3.8, 4) is 0 Å². The zero-order valence-electron chi connectivity index (χ0n) is 16.5. The average Bonchev–Trinajstić information content (AvgIpc) is 2.99. The molecule has 2 heterocycles. The molecule has 0 bridgehead atoms. The summed E-state index contributed by atoms with van der Waals surface area (Å²) >= 11 is 0. The summed E-state index contributed by atoms with van der Waals surface area (Å²) in [5.74, 6) is -0.290. The Morgan fingerprint density at radius 1 is 0.966 bits per heavy atom. The second kappa shape index (κ2) is 8.38. The molecule has 0 aromatic heterocycles. The van der Waals surface area contributed by atoms with Gasteiger partial charge in [0.15, 0.2) is 6.67 Å². The molecule has 8 heteroatoms. The Hall–Kier alpha value is -2.03. The van der Waals surface area contributed by atoms with Crippen molar-refractivity contribution < 1.29 is 22.9 Å². The monoisotopic (exact) mass is 418 g/mol. The maximum atomic E-state index is 12.6. The topological polar surface area (TPSA) is 79.2 Å². The lowest BCUT2D eigenvalue weighted by atomic mass is 9.81. The zero-order chi connectivity index (χ0) is 20.4. The number of carbonyl (C=O) groups excluding carboxylic acids is 2. The molecule has 1 aliphatic carbocycles. The molecule has 156 valence electrons. The summed E-state index contributed by atoms with van der Waals surface area (Å²) in [7, 11) is -3.48. The molecule has 1 aromatic rings. The highest BCUT2D eigenvalue weighted by Crippen LogP contribution is 2.37. The number of nitrogens with zero attached hydrogens (tertiary/aromatic N) is 2. The highest BCUT2D eigenvalue weighted by atomic mass is 32.2. The zero-order valence-corrected chi connectivity index (χ0v) is 17.3. The molecule has 0 unspecified atom stereocenters. The molecule has 2 amide bonds. The van der Waals surface area contributed by atoms with Gasteiger partial charge in [-0.05, 0) is 24.5 Å². The van der Waals surface area contributed by atoms with Crippen molar-refractivity contribution in [3.63, 3.8) is 0 Å². The fourth-order valence-electron chi connectivity index (χ4n) is 4.64. The van der Waals surface area contributed by atoms with Gasteiger partial charge in [0.2, 0.25) is 21.8 Å². The smallest absolute Gasteiger partial charge is 0.237 e. The van der Waals surface area contributed by atoms with Gasteiger partial charge in [0, 0.05) is 5.41 Å². The summed E-state index contributed by atoms with van der Waals surface area (Å²) in [6.07, 6.45) is 5.29. The lowest BCUT2D eigenvalue weighted by Gasteiger charge is -2.32. The number of piperazine rings is 1. The molecule has 0 radical (unpaired) electrons. The van der Waals surface area contributed by atoms with Crippen molar-refractivity contribution in [1.29, 1.82) is 0 Å². The van der Waals surface area contributed by atoms with Gasteiger partial charge in [-0.1, -0.05) is 43.2 Å². The molecule has 2 atom stereocenters. The summed E-state index contributed by atoms with van der Waals surface area (Å²) in [6, 6.07) is 9.33. The van der Waals surface area contributed by atoms with E-state index < -0.39 is 10.0 Å². The summed E-state index contributed by atoms with van der Waals surface area (Å²) in [6.45, 7) is 2.31. The van der Waals surface area contributed by atoms with Gasteiger partial charge in [0.1, 0.15) is 0 Å². The molecule has 2 saturated heterocycles. The molecule has 3 aliphatic rings. The molecule has 0 spiro atoms. The van der Waals surface area contributed by atoms with Gasteiger partial charge >= 0.3 is 0 Å². The van der Waals surface area contributed by atoms with Crippen LogP contribution in [0.2, 0.25) is 0 Å². The number of sulfonamides is 1. The Bertz CT molecular complexity index is 868. The first-order valence-corrected chi connectivity index (χ1v) is 11.9. The first kappa shape index (κ1) is 20.3. The number of rotatable bonds is 5. The summed E-state index contributed by atoms with van der Waals surface area (Å²) in [5.41, 5.74) is 0.841. The van der Waals surface area contributed by atoms with Gasteiger partial charge in [-0.15, -0.1) is 0 Å². The number of carbonyl (C=O) groups is 2. The van der Waals surface area contributed by atoms with Crippen LogP contribution in [0.25, 0.3) is 6.08 Å². The quantitative estimate of drug-likeness (QED) is 0.699. The molecule has 3 fully saturated rings. The number of likely N-dealkylation sites (tertiary alicyclic amines) is 1. The van der Waals surface area contributed by atoms with Gasteiger partial charge in [0.05, 0.1) is 38.0 Å². The van der Waals surface area contributed by atoms with E-state index in [1.54, 1.807) is 6.08 Å². The summed E-state index contributed by atoms with van der Waals surface area (Å²) < 4.78 is 26.7. The fraction of sp³-hybridized carbons (Fsp3) is 0.524. The van der Waals surface area contributed by atoms with Crippen LogP contribution in [0, 0.1) is 11.8 Å². The van der Waals surface area contributed by atoms with E-state index in [-0.39, 0.29) is 23.7 Å². The molecule has 29 heavy (non-hydrogen) atoms. The maximum Gasteiger partial charge on any atom is 0.237 e. The Balaban J connectivity index is 1.33. The first-order valence-electron chi connectivity index (χ1n) is 10.4. The van der Waals surface area contributed by atoms with Crippen LogP contribution in [0.15, 0.2) is 35.7 Å². The Labute approximate surface area is 172 Å². The van der Waals surface area contributed by atoms with Crippen molar-refractivity contribution in [2.45, 2.75) is 25.7 Å². The fourth-order valence-corrected chi connectivity index (χ4v) is 5.83. The van der Waals surface area contributed by atoms with E-state index in [1.807, 2.05) is 30.3 Å². The third-order valence-corrected chi connectivity index (χ3v) is 7.90. The third-order valence-electron chi connectivity index (χ3n) is 6.34. The van der Waals surface area contributed by atoms with E-state index in [0.717, 1.165) is 36.1 Å². The van der Waals surface area contributed by atoms with Crippen LogP contribution < -0.4 is 4.90 Å². The molecule has 1 aromatic carbocycles. The number of hydrogen-bond donors (Lipinski definition) is 1. The van der Waals surface area contributed by atoms with Crippen molar-refractivity contribution in [1.82, 2.24) is 9.21 Å². The SMILES string of the molecule is O=C1[C@@H]2CCCC[C@H]2C(=O)N1C[NH+]1CCN(S(=O)(=O)/C=C/c2ccccc2)CC1. The van der Waals surface area contributed by atoms with Gasteiger partial charge < -0.3 is 4.90 Å². The Morgan fingerprint density at radius 2 is 1.55 bits per heavy atom. The number of amides is 2. The Morgan fingerprint density at radius 3 is 2.14 bits per heavy atom. The number of quaternary nitrogens is 1. The van der Waals surface area contributed by atoms with Crippen LogP contribution in [0.5, 0.6) is 0 Å². The predicted octanol–water partition coefficient (Wildman–Crippen LogP) is 0.320. The molecular weight excluding hydrogens is 390 g/mol. The number of imide groups is 1. The minimum Gasteiger partial charge on any atom is -0.315 e. The van der Waals surface area contributed by atoms with Crippen LogP contribution >= 0.6 is 0 Å². The highest BCUT2D eigenvalue weighted by Gasteiger charge is 2.49. The minimum atomic E-state index is -3.48. The lowest BCUT2D eigenvalue weighted by Crippen LogP contribution is -3.16. The largest absolute Gasteiger partial charge is 0.315 e. The molecule has 1 N–H and O–H groups in total. The van der Waals surface area contributed by atoms with E-state index in [9.17, 15) is 18.0 Å². The van der Waals surface area contributed by atoms with Crippen molar-refractivity contribution in [2.75, 3.05) is 32.8 Å². The number of nitrogens with one attached hydrogen (secondary N) is 1. The highest BCUT2D eigenvalue weighted by molar-refractivity contribution is 7.92. The van der Waals surface area contributed by atoms with E-state index >= 15 is 0 Å². The molecule has 4 rings (SSSR count). The molecule has 1 saturated carbocycles. The summed E-state index contributed by atoms with van der Waals surface area (Å²) in [4.78, 5) is 27.8. The van der Waals surface area contributed by atoms with Crippen molar-refractivity contribution >= 4 is 27.9 Å². The van der Waals surface area contributed by atoms with Gasteiger partial charge in [-0.3, -0.25) is 9.59 Å². The third kappa shape index (κ3) is 4.29. The van der Waals surface area contributed by atoms with Gasteiger partial charge in [-0.25, -0.2) is 13.3 Å². The predicted molar refractivity (Wildman–Crippen MR) is 109 cm³/mol. The average molecular weight is 419 g/mol. The van der Waals surface area contributed by atoms with Gasteiger partial charge in [-0.2, -0.15) is 4.31 Å².